The Morgan fingerprint density at radius 2 is 1.60 bits per heavy atom. The van der Waals surface area contributed by atoms with Crippen LogP contribution in [0.3, 0.4) is 0 Å². The molecule has 0 aliphatic rings. The van der Waals surface area contributed by atoms with Gasteiger partial charge in [-0.3, -0.25) is 4.79 Å². The van der Waals surface area contributed by atoms with Gasteiger partial charge in [0.1, 0.15) is 0 Å². The molecule has 0 spiro atoms. The number of hydrogen-bond acceptors (Lipinski definition) is 1. The summed E-state index contributed by atoms with van der Waals surface area (Å²) in [6.07, 6.45) is 1.73. The first-order chi connectivity index (χ1) is 9.50. The zero-order chi connectivity index (χ0) is 14.6. The van der Waals surface area contributed by atoms with E-state index < -0.39 is 11.7 Å². The Kier molecular flexibility index (Phi) is 4.30. The van der Waals surface area contributed by atoms with Crippen LogP contribution in [0.2, 0.25) is 5.02 Å². The molecular formula is C16H11ClF2O. The Hall–Kier alpha value is -2.00. The molecule has 2 aromatic carbocycles. The maximum Gasteiger partial charge on any atom is 0.328 e. The molecule has 0 fully saturated rings. The molecule has 0 heterocycles. The number of ketones is 1. The van der Waals surface area contributed by atoms with E-state index >= 15 is 0 Å². The van der Waals surface area contributed by atoms with Crippen molar-refractivity contribution in [3.63, 3.8) is 0 Å². The van der Waals surface area contributed by atoms with Gasteiger partial charge in [0, 0.05) is 10.6 Å². The van der Waals surface area contributed by atoms with E-state index in [0.717, 1.165) is 6.08 Å². The topological polar surface area (TPSA) is 17.1 Å². The highest BCUT2D eigenvalue weighted by Gasteiger charge is 2.36. The van der Waals surface area contributed by atoms with Crippen molar-refractivity contribution < 1.29 is 13.6 Å². The zero-order valence-electron chi connectivity index (χ0n) is 10.4. The average molecular weight is 293 g/mol. The van der Waals surface area contributed by atoms with E-state index in [9.17, 15) is 13.6 Å². The number of benzene rings is 2. The van der Waals surface area contributed by atoms with Gasteiger partial charge in [-0.25, -0.2) is 0 Å². The summed E-state index contributed by atoms with van der Waals surface area (Å²) in [4.78, 5) is 11.7. The molecule has 0 N–H and O–H groups in total. The number of carbonyl (C=O) groups is 1. The highest BCUT2D eigenvalue weighted by molar-refractivity contribution is 6.32. The second kappa shape index (κ2) is 5.97. The Bertz CT molecular complexity index is 636. The molecule has 0 aromatic heterocycles. The van der Waals surface area contributed by atoms with Crippen LogP contribution in [0.15, 0.2) is 60.7 Å². The molecule has 0 unspecified atom stereocenters. The van der Waals surface area contributed by atoms with Crippen LogP contribution in [0.5, 0.6) is 0 Å². The second-order valence-corrected chi connectivity index (χ2v) is 4.58. The molecule has 0 atom stereocenters. The first-order valence-electron chi connectivity index (χ1n) is 5.92. The lowest BCUT2D eigenvalue weighted by Crippen LogP contribution is -2.25. The van der Waals surface area contributed by atoms with Crippen LogP contribution in [0.1, 0.15) is 15.9 Å². The van der Waals surface area contributed by atoms with Gasteiger partial charge in [-0.05, 0) is 17.7 Å². The molecule has 0 radical (unpaired) electrons. The molecule has 4 heteroatoms. The quantitative estimate of drug-likeness (QED) is 0.735. The van der Waals surface area contributed by atoms with Crippen LogP contribution in [-0.4, -0.2) is 11.7 Å². The summed E-state index contributed by atoms with van der Waals surface area (Å²) in [7, 11) is 0. The van der Waals surface area contributed by atoms with Crippen molar-refractivity contribution in [2.45, 2.75) is 5.92 Å². The highest BCUT2D eigenvalue weighted by atomic mass is 35.5. The molecule has 1 nitrogen and oxygen atoms in total. The minimum atomic E-state index is -3.57. The number of halogens is 3. The lowest BCUT2D eigenvalue weighted by molar-refractivity contribution is 0.0385. The van der Waals surface area contributed by atoms with Crippen molar-refractivity contribution in [3.8, 4) is 0 Å². The Morgan fingerprint density at radius 1 is 1.00 bits per heavy atom. The molecule has 0 saturated heterocycles. The third kappa shape index (κ3) is 3.31. The first-order valence-corrected chi connectivity index (χ1v) is 6.30. The predicted octanol–water partition coefficient (Wildman–Crippen LogP) is 4.87. The fourth-order valence-electron chi connectivity index (χ4n) is 1.66. The maximum atomic E-state index is 13.8. The van der Waals surface area contributed by atoms with Gasteiger partial charge in [-0.1, -0.05) is 66.2 Å². The average Bonchev–Trinajstić information content (AvgIpc) is 2.46. The second-order valence-electron chi connectivity index (χ2n) is 4.17. The van der Waals surface area contributed by atoms with Gasteiger partial charge in [0.15, 0.2) is 0 Å². The standard InChI is InChI=1S/C16H11ClF2O/c17-14-9-5-4-6-12(14)10-11-16(18,19)15(20)13-7-2-1-3-8-13/h1-11H/b11-10+. The third-order valence-electron chi connectivity index (χ3n) is 2.72. The summed E-state index contributed by atoms with van der Waals surface area (Å²) >= 11 is 5.87. The molecule has 2 rings (SSSR count). The van der Waals surface area contributed by atoms with E-state index in [1.54, 1.807) is 42.5 Å². The van der Waals surface area contributed by atoms with Crippen molar-refractivity contribution in [2.75, 3.05) is 0 Å². The van der Waals surface area contributed by atoms with E-state index in [-0.39, 0.29) is 5.56 Å². The van der Waals surface area contributed by atoms with Crippen molar-refractivity contribution in [3.05, 3.63) is 76.8 Å². The van der Waals surface area contributed by atoms with Crippen LogP contribution >= 0.6 is 11.6 Å². The van der Waals surface area contributed by atoms with E-state index in [2.05, 4.69) is 0 Å². The molecule has 0 amide bonds. The van der Waals surface area contributed by atoms with Crippen LogP contribution in [0.4, 0.5) is 8.78 Å². The van der Waals surface area contributed by atoms with Gasteiger partial charge in [0.05, 0.1) is 0 Å². The number of carbonyl (C=O) groups excluding carboxylic acids is 1. The molecule has 102 valence electrons. The minimum absolute atomic E-state index is 0.0266. The fraction of sp³-hybridized carbons (Fsp3) is 0.0625. The number of allylic oxidation sites excluding steroid dienone is 1. The summed E-state index contributed by atoms with van der Waals surface area (Å²) in [6, 6.07) is 14.0. The van der Waals surface area contributed by atoms with Gasteiger partial charge in [-0.2, -0.15) is 8.78 Å². The smallest absolute Gasteiger partial charge is 0.287 e. The van der Waals surface area contributed by atoms with Crippen molar-refractivity contribution in [1.29, 1.82) is 0 Å². The number of Topliss-reactive ketones (excluding diaryl/α,β-unsaturated/α-hetero) is 1. The van der Waals surface area contributed by atoms with Gasteiger partial charge < -0.3 is 0 Å². The van der Waals surface area contributed by atoms with Crippen LogP contribution in [0.25, 0.3) is 6.08 Å². The van der Waals surface area contributed by atoms with Gasteiger partial charge in [0.25, 0.3) is 0 Å². The van der Waals surface area contributed by atoms with Crippen molar-refractivity contribution in [1.82, 2.24) is 0 Å². The molecule has 0 aliphatic carbocycles. The van der Waals surface area contributed by atoms with Crippen LogP contribution in [0, 0.1) is 0 Å². The predicted molar refractivity (Wildman–Crippen MR) is 76.2 cm³/mol. The number of hydrogen-bond donors (Lipinski definition) is 0. The molecule has 0 bridgehead atoms. The highest BCUT2D eigenvalue weighted by Crippen LogP contribution is 2.24. The molecule has 0 saturated carbocycles. The zero-order valence-corrected chi connectivity index (χ0v) is 11.1. The van der Waals surface area contributed by atoms with E-state index in [0.29, 0.717) is 16.7 Å². The maximum absolute atomic E-state index is 13.8. The van der Waals surface area contributed by atoms with E-state index in [4.69, 9.17) is 11.6 Å². The number of alkyl halides is 2. The fourth-order valence-corrected chi connectivity index (χ4v) is 1.86. The summed E-state index contributed by atoms with van der Waals surface area (Å²) in [6.45, 7) is 0. The Balaban J connectivity index is 2.23. The monoisotopic (exact) mass is 292 g/mol. The normalized spacial score (nSPS) is 11.8. The minimum Gasteiger partial charge on any atom is -0.287 e. The van der Waals surface area contributed by atoms with Gasteiger partial charge >= 0.3 is 5.92 Å². The summed E-state index contributed by atoms with van der Waals surface area (Å²) in [5.41, 5.74) is 0.413. The summed E-state index contributed by atoms with van der Waals surface area (Å²) in [5, 5.41) is 0.353. The molecular weight excluding hydrogens is 282 g/mol. The van der Waals surface area contributed by atoms with Crippen molar-refractivity contribution >= 4 is 23.5 Å². The van der Waals surface area contributed by atoms with Crippen LogP contribution < -0.4 is 0 Å². The Morgan fingerprint density at radius 3 is 2.25 bits per heavy atom. The SMILES string of the molecule is O=C(c1ccccc1)C(F)(F)/C=C/c1ccccc1Cl. The number of rotatable bonds is 4. The molecule has 0 aliphatic heterocycles. The van der Waals surface area contributed by atoms with Gasteiger partial charge in [0.2, 0.25) is 5.78 Å². The first kappa shape index (κ1) is 14.4. The molecule has 20 heavy (non-hydrogen) atoms. The largest absolute Gasteiger partial charge is 0.328 e. The summed E-state index contributed by atoms with van der Waals surface area (Å²) in [5.74, 6) is -4.80. The van der Waals surface area contributed by atoms with E-state index in [1.165, 1.54) is 12.1 Å². The van der Waals surface area contributed by atoms with E-state index in [1.807, 2.05) is 0 Å². The Labute approximate surface area is 120 Å². The lowest BCUT2D eigenvalue weighted by atomic mass is 10.0. The van der Waals surface area contributed by atoms with Gasteiger partial charge in [-0.15, -0.1) is 0 Å². The third-order valence-corrected chi connectivity index (χ3v) is 3.06. The lowest BCUT2D eigenvalue weighted by Gasteiger charge is -2.10. The van der Waals surface area contributed by atoms with Crippen LogP contribution in [-0.2, 0) is 0 Å². The molecule has 2 aromatic rings. The summed E-state index contributed by atoms with van der Waals surface area (Å²) < 4.78 is 27.7. The van der Waals surface area contributed by atoms with Crippen molar-refractivity contribution in [2.24, 2.45) is 0 Å².